The number of nitrogens with zero attached hydrogens (tertiary/aromatic N) is 1. The largest absolute Gasteiger partial charge is 0.492 e. The number of ether oxygens (including phenoxy) is 1. The zero-order valence-corrected chi connectivity index (χ0v) is 7.63. The molecule has 4 heteroatoms. The predicted octanol–water partition coefficient (Wildman–Crippen LogP) is 2.50. The highest BCUT2D eigenvalue weighted by atomic mass is 19.2. The van der Waals surface area contributed by atoms with Crippen molar-refractivity contribution in [2.75, 3.05) is 6.61 Å². The Morgan fingerprint density at radius 3 is 2.71 bits per heavy atom. The highest BCUT2D eigenvalue weighted by molar-refractivity contribution is 5.23. The van der Waals surface area contributed by atoms with Crippen LogP contribution >= 0.6 is 0 Å². The summed E-state index contributed by atoms with van der Waals surface area (Å²) in [7, 11) is 0. The number of rotatable bonds is 3. The van der Waals surface area contributed by atoms with E-state index < -0.39 is 11.6 Å². The molecular formula is C10H9F2NO. The van der Waals surface area contributed by atoms with Gasteiger partial charge in [0.2, 0.25) is 0 Å². The molecule has 0 aliphatic rings. The maximum absolute atomic E-state index is 12.7. The van der Waals surface area contributed by atoms with Crippen LogP contribution in [0.5, 0.6) is 5.75 Å². The smallest absolute Gasteiger partial charge is 0.162 e. The zero-order chi connectivity index (χ0) is 10.6. The van der Waals surface area contributed by atoms with Crippen molar-refractivity contribution < 1.29 is 13.5 Å². The number of halogens is 2. The van der Waals surface area contributed by atoms with E-state index in [2.05, 4.69) is 0 Å². The average Bonchev–Trinajstić information content (AvgIpc) is 2.19. The van der Waals surface area contributed by atoms with Crippen molar-refractivity contribution in [3.8, 4) is 11.8 Å². The fraction of sp³-hybridized carbons (Fsp3) is 0.300. The molecule has 0 fully saturated rings. The number of hydrogen-bond donors (Lipinski definition) is 0. The minimum Gasteiger partial charge on any atom is -0.492 e. The van der Waals surface area contributed by atoms with Crippen LogP contribution in [0, 0.1) is 28.9 Å². The Hall–Kier alpha value is -1.63. The fourth-order valence-corrected chi connectivity index (χ4v) is 0.825. The molecule has 1 unspecified atom stereocenters. The van der Waals surface area contributed by atoms with Crippen LogP contribution in [0.1, 0.15) is 6.92 Å². The van der Waals surface area contributed by atoms with Gasteiger partial charge in [-0.05, 0) is 19.1 Å². The van der Waals surface area contributed by atoms with Gasteiger partial charge in [-0.3, -0.25) is 0 Å². The summed E-state index contributed by atoms with van der Waals surface area (Å²) in [4.78, 5) is 0. The molecule has 1 rings (SSSR count). The molecule has 0 aliphatic heterocycles. The van der Waals surface area contributed by atoms with E-state index in [1.54, 1.807) is 6.92 Å². The van der Waals surface area contributed by atoms with Crippen molar-refractivity contribution >= 4 is 0 Å². The van der Waals surface area contributed by atoms with Crippen LogP contribution in [0.15, 0.2) is 18.2 Å². The number of nitriles is 1. The molecule has 0 N–H and O–H groups in total. The highest BCUT2D eigenvalue weighted by Gasteiger charge is 2.05. The quantitative estimate of drug-likeness (QED) is 0.745. The minimum absolute atomic E-state index is 0.168. The Labute approximate surface area is 80.7 Å². The van der Waals surface area contributed by atoms with E-state index in [4.69, 9.17) is 10.00 Å². The topological polar surface area (TPSA) is 33.0 Å². The van der Waals surface area contributed by atoms with Gasteiger partial charge in [0, 0.05) is 6.07 Å². The van der Waals surface area contributed by atoms with Crippen molar-refractivity contribution in [1.29, 1.82) is 5.26 Å². The number of benzene rings is 1. The van der Waals surface area contributed by atoms with Gasteiger partial charge in [0.15, 0.2) is 11.6 Å². The molecule has 0 aliphatic carbocycles. The molecule has 0 spiro atoms. The van der Waals surface area contributed by atoms with Gasteiger partial charge in [-0.25, -0.2) is 8.78 Å². The monoisotopic (exact) mass is 197 g/mol. The second-order valence-electron chi connectivity index (χ2n) is 2.92. The molecule has 0 saturated heterocycles. The summed E-state index contributed by atoms with van der Waals surface area (Å²) in [5.74, 6) is -1.91. The summed E-state index contributed by atoms with van der Waals surface area (Å²) < 4.78 is 30.2. The molecule has 0 aromatic heterocycles. The van der Waals surface area contributed by atoms with Crippen molar-refractivity contribution in [2.24, 2.45) is 5.92 Å². The maximum Gasteiger partial charge on any atom is 0.162 e. The molecule has 0 radical (unpaired) electrons. The lowest BCUT2D eigenvalue weighted by Crippen LogP contribution is -2.06. The van der Waals surface area contributed by atoms with Gasteiger partial charge in [0.1, 0.15) is 12.4 Å². The standard InChI is InChI=1S/C10H9F2NO/c1-7(5-13)6-14-8-2-3-9(11)10(12)4-8/h2-4,7H,6H2,1H3. The molecule has 74 valence electrons. The van der Waals surface area contributed by atoms with Crippen molar-refractivity contribution in [3.05, 3.63) is 29.8 Å². The van der Waals surface area contributed by atoms with Crippen molar-refractivity contribution in [1.82, 2.24) is 0 Å². The minimum atomic E-state index is -0.952. The summed E-state index contributed by atoms with van der Waals surface area (Å²) >= 11 is 0. The van der Waals surface area contributed by atoms with Crippen molar-refractivity contribution in [2.45, 2.75) is 6.92 Å². The first kappa shape index (κ1) is 10.5. The van der Waals surface area contributed by atoms with Crippen LogP contribution in [0.4, 0.5) is 8.78 Å². The van der Waals surface area contributed by atoms with Gasteiger partial charge in [0.25, 0.3) is 0 Å². The summed E-state index contributed by atoms with van der Waals surface area (Å²) in [6.07, 6.45) is 0. The van der Waals surface area contributed by atoms with E-state index in [1.165, 1.54) is 6.07 Å². The third-order valence-electron chi connectivity index (χ3n) is 1.61. The zero-order valence-electron chi connectivity index (χ0n) is 7.63. The van der Waals surface area contributed by atoms with E-state index in [1.807, 2.05) is 6.07 Å². The fourth-order valence-electron chi connectivity index (χ4n) is 0.825. The Bertz CT molecular complexity index is 360. The number of hydrogen-bond acceptors (Lipinski definition) is 2. The summed E-state index contributed by atoms with van der Waals surface area (Å²) in [6.45, 7) is 1.85. The Balaban J connectivity index is 2.61. The summed E-state index contributed by atoms with van der Waals surface area (Å²) in [5.41, 5.74) is 0. The first-order chi connectivity index (χ1) is 6.63. The third-order valence-corrected chi connectivity index (χ3v) is 1.61. The molecule has 14 heavy (non-hydrogen) atoms. The van der Waals surface area contributed by atoms with E-state index in [0.717, 1.165) is 12.1 Å². The van der Waals surface area contributed by atoms with Gasteiger partial charge in [0.05, 0.1) is 12.0 Å². The van der Waals surface area contributed by atoms with Crippen molar-refractivity contribution in [3.63, 3.8) is 0 Å². The Kier molecular flexibility index (Phi) is 3.41. The molecule has 0 saturated carbocycles. The van der Waals surface area contributed by atoms with Crippen LogP contribution in [0.2, 0.25) is 0 Å². The van der Waals surface area contributed by atoms with Gasteiger partial charge >= 0.3 is 0 Å². The summed E-state index contributed by atoms with van der Waals surface area (Å²) in [5, 5.41) is 8.45. The van der Waals surface area contributed by atoms with Gasteiger partial charge in [-0.15, -0.1) is 0 Å². The van der Waals surface area contributed by atoms with Crippen LogP contribution in [-0.2, 0) is 0 Å². The van der Waals surface area contributed by atoms with Crippen LogP contribution < -0.4 is 4.74 Å². The Morgan fingerprint density at radius 2 is 2.14 bits per heavy atom. The Morgan fingerprint density at radius 1 is 1.43 bits per heavy atom. The third kappa shape index (κ3) is 2.70. The van der Waals surface area contributed by atoms with E-state index in [-0.39, 0.29) is 18.3 Å². The molecular weight excluding hydrogens is 188 g/mol. The highest BCUT2D eigenvalue weighted by Crippen LogP contribution is 2.15. The predicted molar refractivity (Wildman–Crippen MR) is 46.6 cm³/mol. The lowest BCUT2D eigenvalue weighted by molar-refractivity contribution is 0.286. The first-order valence-electron chi connectivity index (χ1n) is 4.11. The van der Waals surface area contributed by atoms with Crippen LogP contribution in [0.3, 0.4) is 0 Å². The SMILES string of the molecule is CC(C#N)COc1ccc(F)c(F)c1. The molecule has 0 amide bonds. The second kappa shape index (κ2) is 4.56. The molecule has 2 nitrogen and oxygen atoms in total. The van der Waals surface area contributed by atoms with E-state index >= 15 is 0 Å². The molecule has 0 bridgehead atoms. The molecule has 1 aromatic carbocycles. The molecule has 0 heterocycles. The maximum atomic E-state index is 12.7. The lowest BCUT2D eigenvalue weighted by Gasteiger charge is -2.06. The lowest BCUT2D eigenvalue weighted by atomic mass is 10.2. The first-order valence-corrected chi connectivity index (χ1v) is 4.11. The second-order valence-corrected chi connectivity index (χ2v) is 2.92. The molecule has 1 aromatic rings. The van der Waals surface area contributed by atoms with E-state index in [0.29, 0.717) is 0 Å². The normalized spacial score (nSPS) is 11.9. The van der Waals surface area contributed by atoms with Gasteiger partial charge in [-0.1, -0.05) is 0 Å². The molecule has 1 atom stereocenters. The summed E-state index contributed by atoms with van der Waals surface area (Å²) in [6, 6.07) is 5.24. The van der Waals surface area contributed by atoms with Crippen LogP contribution in [0.25, 0.3) is 0 Å². The van der Waals surface area contributed by atoms with Crippen LogP contribution in [-0.4, -0.2) is 6.61 Å². The van der Waals surface area contributed by atoms with E-state index in [9.17, 15) is 8.78 Å². The average molecular weight is 197 g/mol. The van der Waals surface area contributed by atoms with Gasteiger partial charge in [-0.2, -0.15) is 5.26 Å². The van der Waals surface area contributed by atoms with Gasteiger partial charge < -0.3 is 4.74 Å².